The number of rotatable bonds is 6. The topological polar surface area (TPSA) is 66.4 Å². The summed E-state index contributed by atoms with van der Waals surface area (Å²) in [5.41, 5.74) is 0. The van der Waals surface area contributed by atoms with Gasteiger partial charge in [-0.05, 0) is 57.7 Å². The molecule has 0 aliphatic heterocycles. The third-order valence-corrected chi connectivity index (χ3v) is 6.22. The molecule has 0 radical (unpaired) electrons. The largest absolute Gasteiger partial charge is 0.393 e. The van der Waals surface area contributed by atoms with E-state index in [2.05, 4.69) is 36.6 Å². The Bertz CT molecular complexity index is 471. The maximum absolute atomic E-state index is 11.9. The van der Waals surface area contributed by atoms with Gasteiger partial charge in [0.25, 0.3) is 0 Å². The first-order valence-corrected chi connectivity index (χ1v) is 8.84. The van der Waals surface area contributed by atoms with E-state index in [1.54, 1.807) is 13.0 Å². The van der Waals surface area contributed by atoms with Crippen molar-refractivity contribution in [1.29, 1.82) is 0 Å². The van der Waals surface area contributed by atoms with Crippen LogP contribution in [0, 0.1) is 0 Å². The summed E-state index contributed by atoms with van der Waals surface area (Å²) in [6, 6.07) is 1.56. The molecule has 1 atom stereocenters. The molecule has 1 rings (SSSR count). The Morgan fingerprint density at radius 3 is 2.65 bits per heavy atom. The van der Waals surface area contributed by atoms with Crippen LogP contribution in [0.1, 0.15) is 19.8 Å². The summed E-state index contributed by atoms with van der Waals surface area (Å²) in [6.45, 7) is 2.01. The van der Waals surface area contributed by atoms with E-state index in [0.717, 1.165) is 3.79 Å². The molecule has 0 amide bonds. The highest BCUT2D eigenvalue weighted by molar-refractivity contribution is 9.12. The van der Waals surface area contributed by atoms with Crippen molar-refractivity contribution < 1.29 is 13.5 Å². The number of hydrogen-bond acceptors (Lipinski definition) is 4. The SMILES string of the molecule is CC(O)CCCNS(=O)(=O)c1cc(Br)sc1Br. The molecule has 8 heteroatoms. The smallest absolute Gasteiger partial charge is 0.242 e. The molecule has 1 unspecified atom stereocenters. The molecule has 0 spiro atoms. The quantitative estimate of drug-likeness (QED) is 0.713. The van der Waals surface area contributed by atoms with Gasteiger partial charge in [0, 0.05) is 6.54 Å². The standard InChI is InChI=1S/C9H13Br2NO3S2/c1-6(13)3-2-4-12-17(14,15)7-5-8(10)16-9(7)11/h5-6,12-13H,2-4H2,1H3. The summed E-state index contributed by atoms with van der Waals surface area (Å²) in [5.74, 6) is 0. The fraction of sp³-hybridized carbons (Fsp3) is 0.556. The van der Waals surface area contributed by atoms with Gasteiger partial charge in [0.2, 0.25) is 10.0 Å². The van der Waals surface area contributed by atoms with E-state index >= 15 is 0 Å². The lowest BCUT2D eigenvalue weighted by Gasteiger charge is -2.06. The fourth-order valence-corrected chi connectivity index (χ4v) is 6.07. The lowest BCUT2D eigenvalue weighted by atomic mass is 10.2. The van der Waals surface area contributed by atoms with Crippen molar-refractivity contribution >= 4 is 53.2 Å². The monoisotopic (exact) mass is 405 g/mol. The fourth-order valence-electron chi connectivity index (χ4n) is 1.19. The number of sulfonamides is 1. The van der Waals surface area contributed by atoms with Crippen LogP contribution in [-0.2, 0) is 10.0 Å². The number of halogens is 2. The molecule has 2 N–H and O–H groups in total. The van der Waals surface area contributed by atoms with Crippen LogP contribution in [0.4, 0.5) is 0 Å². The summed E-state index contributed by atoms with van der Waals surface area (Å²) < 4.78 is 27.6. The maximum Gasteiger partial charge on any atom is 0.242 e. The van der Waals surface area contributed by atoms with Crippen molar-refractivity contribution in [2.75, 3.05) is 6.54 Å². The first-order chi connectivity index (χ1) is 7.83. The van der Waals surface area contributed by atoms with Gasteiger partial charge in [-0.25, -0.2) is 13.1 Å². The molecular weight excluding hydrogens is 394 g/mol. The molecule has 0 saturated heterocycles. The summed E-state index contributed by atoms with van der Waals surface area (Å²) in [5, 5.41) is 9.06. The van der Waals surface area contributed by atoms with Crippen molar-refractivity contribution in [1.82, 2.24) is 4.72 Å². The Balaban J connectivity index is 2.60. The minimum Gasteiger partial charge on any atom is -0.393 e. The van der Waals surface area contributed by atoms with E-state index < -0.39 is 16.1 Å². The summed E-state index contributed by atoms with van der Waals surface area (Å²) in [7, 11) is -3.47. The normalized spacial score (nSPS) is 13.9. The zero-order chi connectivity index (χ0) is 13.1. The van der Waals surface area contributed by atoms with Crippen molar-refractivity contribution in [3.05, 3.63) is 13.6 Å². The van der Waals surface area contributed by atoms with Gasteiger partial charge in [-0.15, -0.1) is 11.3 Å². The second-order valence-corrected chi connectivity index (χ2v) is 9.06. The summed E-state index contributed by atoms with van der Waals surface area (Å²) in [6.07, 6.45) is 0.790. The van der Waals surface area contributed by atoms with Crippen molar-refractivity contribution in [2.24, 2.45) is 0 Å². The molecule has 0 fully saturated rings. The van der Waals surface area contributed by atoms with E-state index in [9.17, 15) is 8.42 Å². The number of aliphatic hydroxyl groups is 1. The Morgan fingerprint density at radius 1 is 1.53 bits per heavy atom. The van der Waals surface area contributed by atoms with Gasteiger partial charge in [-0.2, -0.15) is 0 Å². The van der Waals surface area contributed by atoms with Crippen LogP contribution < -0.4 is 4.72 Å². The summed E-state index contributed by atoms with van der Waals surface area (Å²) in [4.78, 5) is 0.242. The zero-order valence-electron chi connectivity index (χ0n) is 9.11. The molecule has 1 aromatic rings. The molecule has 4 nitrogen and oxygen atoms in total. The van der Waals surface area contributed by atoms with Crippen LogP contribution in [0.5, 0.6) is 0 Å². The lowest BCUT2D eigenvalue weighted by molar-refractivity contribution is 0.182. The Kier molecular flexibility index (Phi) is 6.07. The Labute approximate surface area is 122 Å². The molecule has 0 aliphatic carbocycles. The van der Waals surface area contributed by atoms with E-state index in [4.69, 9.17) is 5.11 Å². The minimum atomic E-state index is -3.47. The van der Waals surface area contributed by atoms with E-state index in [0.29, 0.717) is 23.2 Å². The van der Waals surface area contributed by atoms with E-state index in [1.165, 1.54) is 11.3 Å². The zero-order valence-corrected chi connectivity index (χ0v) is 13.9. The molecule has 0 aliphatic rings. The van der Waals surface area contributed by atoms with Gasteiger partial charge in [-0.1, -0.05) is 0 Å². The third-order valence-electron chi connectivity index (χ3n) is 2.01. The van der Waals surface area contributed by atoms with Crippen LogP contribution in [0.15, 0.2) is 18.5 Å². The van der Waals surface area contributed by atoms with Crippen LogP contribution in [0.3, 0.4) is 0 Å². The first kappa shape index (κ1) is 15.6. The predicted molar refractivity (Wildman–Crippen MR) is 75.8 cm³/mol. The minimum absolute atomic E-state index is 0.242. The second-order valence-electron chi connectivity index (χ2n) is 3.58. The maximum atomic E-state index is 11.9. The average molecular weight is 407 g/mol. The van der Waals surface area contributed by atoms with Gasteiger partial charge < -0.3 is 5.11 Å². The third kappa shape index (κ3) is 4.96. The molecule has 0 saturated carbocycles. The molecular formula is C9H13Br2NO3S2. The number of nitrogens with one attached hydrogen (secondary N) is 1. The van der Waals surface area contributed by atoms with Crippen molar-refractivity contribution in [3.8, 4) is 0 Å². The highest BCUT2D eigenvalue weighted by Gasteiger charge is 2.19. The first-order valence-electron chi connectivity index (χ1n) is 4.95. The van der Waals surface area contributed by atoms with Crippen LogP contribution in [-0.4, -0.2) is 26.2 Å². The number of hydrogen-bond donors (Lipinski definition) is 2. The highest BCUT2D eigenvalue weighted by Crippen LogP contribution is 2.34. The predicted octanol–water partition coefficient (Wildman–Crippen LogP) is 2.71. The van der Waals surface area contributed by atoms with Gasteiger partial charge >= 0.3 is 0 Å². The van der Waals surface area contributed by atoms with E-state index in [-0.39, 0.29) is 4.90 Å². The second kappa shape index (κ2) is 6.63. The van der Waals surface area contributed by atoms with Gasteiger partial charge in [0.1, 0.15) is 4.90 Å². The molecule has 0 aromatic carbocycles. The molecule has 1 heterocycles. The van der Waals surface area contributed by atoms with Gasteiger partial charge in [0.05, 0.1) is 13.7 Å². The Morgan fingerprint density at radius 2 is 2.18 bits per heavy atom. The van der Waals surface area contributed by atoms with Crippen molar-refractivity contribution in [2.45, 2.75) is 30.8 Å². The molecule has 1 aromatic heterocycles. The number of thiophene rings is 1. The van der Waals surface area contributed by atoms with E-state index in [1.807, 2.05) is 0 Å². The average Bonchev–Trinajstić information content (AvgIpc) is 2.53. The van der Waals surface area contributed by atoms with Crippen LogP contribution >= 0.6 is 43.2 Å². The van der Waals surface area contributed by atoms with Gasteiger partial charge in [-0.3, -0.25) is 0 Å². The number of aliphatic hydroxyl groups excluding tert-OH is 1. The highest BCUT2D eigenvalue weighted by atomic mass is 79.9. The molecule has 98 valence electrons. The van der Waals surface area contributed by atoms with Crippen LogP contribution in [0.2, 0.25) is 0 Å². The Hall–Kier alpha value is 0.530. The lowest BCUT2D eigenvalue weighted by Crippen LogP contribution is -2.25. The van der Waals surface area contributed by atoms with Crippen molar-refractivity contribution in [3.63, 3.8) is 0 Å². The molecule has 17 heavy (non-hydrogen) atoms. The van der Waals surface area contributed by atoms with Crippen LogP contribution in [0.25, 0.3) is 0 Å². The summed E-state index contributed by atoms with van der Waals surface area (Å²) >= 11 is 7.77. The molecule has 0 bridgehead atoms. The van der Waals surface area contributed by atoms with Gasteiger partial charge in [0.15, 0.2) is 0 Å².